The number of carbonyl (C=O) groups is 1. The Morgan fingerprint density at radius 1 is 1.10 bits per heavy atom. The Labute approximate surface area is 169 Å². The summed E-state index contributed by atoms with van der Waals surface area (Å²) in [6.07, 6.45) is 4.28. The molecule has 3 aromatic rings. The lowest BCUT2D eigenvalue weighted by Gasteiger charge is -2.37. The topological polar surface area (TPSA) is 69.3 Å². The van der Waals surface area contributed by atoms with E-state index in [0.29, 0.717) is 0 Å². The number of rotatable bonds is 2. The number of aryl methyl sites for hydroxylation is 4. The van der Waals surface area contributed by atoms with Crippen LogP contribution in [0.3, 0.4) is 0 Å². The fourth-order valence-electron chi connectivity index (χ4n) is 4.69. The van der Waals surface area contributed by atoms with Crippen LogP contribution in [0.1, 0.15) is 45.5 Å². The summed E-state index contributed by atoms with van der Waals surface area (Å²) in [5.41, 5.74) is 7.66. The van der Waals surface area contributed by atoms with Crippen molar-refractivity contribution in [2.75, 3.05) is 23.3 Å². The van der Waals surface area contributed by atoms with E-state index in [1.54, 1.807) is 0 Å². The molecule has 0 atom stereocenters. The zero-order valence-electron chi connectivity index (χ0n) is 16.9. The van der Waals surface area contributed by atoms with E-state index in [1.807, 2.05) is 38.1 Å². The Bertz CT molecular complexity index is 1210. The molecule has 0 radical (unpaired) electrons. The zero-order chi connectivity index (χ0) is 20.1. The monoisotopic (exact) mass is 387 g/mol. The molecule has 2 aliphatic heterocycles. The number of nitrogens with zero attached hydrogens (tertiary/aromatic N) is 1. The molecular formula is C24H25N3O2. The first-order valence-electron chi connectivity index (χ1n) is 10.3. The summed E-state index contributed by atoms with van der Waals surface area (Å²) in [6, 6.07) is 9.93. The van der Waals surface area contributed by atoms with Gasteiger partial charge in [-0.3, -0.25) is 10.2 Å². The summed E-state index contributed by atoms with van der Waals surface area (Å²) in [5, 5.41) is 12.3. The molecule has 0 unspecified atom stereocenters. The summed E-state index contributed by atoms with van der Waals surface area (Å²) < 4.78 is 5.96. The highest BCUT2D eigenvalue weighted by atomic mass is 16.3. The van der Waals surface area contributed by atoms with Crippen LogP contribution in [0.5, 0.6) is 0 Å². The highest BCUT2D eigenvalue weighted by Gasteiger charge is 2.27. The fourth-order valence-corrected chi connectivity index (χ4v) is 4.69. The first-order valence-corrected chi connectivity index (χ1v) is 10.3. The van der Waals surface area contributed by atoms with Gasteiger partial charge in [0.25, 0.3) is 5.91 Å². The van der Waals surface area contributed by atoms with Crippen molar-refractivity contribution in [3.63, 3.8) is 0 Å². The third-order valence-corrected chi connectivity index (χ3v) is 6.14. The lowest BCUT2D eigenvalue weighted by Crippen LogP contribution is -2.34. The number of fused-ring (bicyclic) bond motifs is 2. The van der Waals surface area contributed by atoms with Crippen molar-refractivity contribution in [2.24, 2.45) is 0 Å². The van der Waals surface area contributed by atoms with Gasteiger partial charge in [0.05, 0.1) is 0 Å². The van der Waals surface area contributed by atoms with Gasteiger partial charge in [0, 0.05) is 35.4 Å². The van der Waals surface area contributed by atoms with Gasteiger partial charge in [-0.05, 0) is 74.4 Å². The van der Waals surface area contributed by atoms with Crippen LogP contribution in [0.25, 0.3) is 11.0 Å². The van der Waals surface area contributed by atoms with Gasteiger partial charge in [-0.25, -0.2) is 0 Å². The van der Waals surface area contributed by atoms with E-state index in [4.69, 9.17) is 9.83 Å². The van der Waals surface area contributed by atoms with Gasteiger partial charge in [-0.15, -0.1) is 0 Å². The maximum atomic E-state index is 12.9. The van der Waals surface area contributed by atoms with Crippen molar-refractivity contribution in [1.82, 2.24) is 0 Å². The molecule has 2 aliphatic rings. The van der Waals surface area contributed by atoms with Gasteiger partial charge in [-0.1, -0.05) is 12.1 Å². The van der Waals surface area contributed by atoms with Crippen LogP contribution >= 0.6 is 0 Å². The molecule has 29 heavy (non-hydrogen) atoms. The maximum Gasteiger partial charge on any atom is 0.261 e. The Kier molecular flexibility index (Phi) is 4.19. The lowest BCUT2D eigenvalue weighted by atomic mass is 9.90. The van der Waals surface area contributed by atoms with E-state index in [-0.39, 0.29) is 17.0 Å². The number of amides is 1. The molecule has 1 amide bonds. The molecule has 3 heterocycles. The highest BCUT2D eigenvalue weighted by molar-refractivity contribution is 6.06. The van der Waals surface area contributed by atoms with Gasteiger partial charge < -0.3 is 14.6 Å². The first-order chi connectivity index (χ1) is 14.0. The second-order valence-electron chi connectivity index (χ2n) is 8.24. The van der Waals surface area contributed by atoms with Crippen LogP contribution in [0, 0.1) is 19.3 Å². The van der Waals surface area contributed by atoms with Gasteiger partial charge in [-0.2, -0.15) is 0 Å². The quantitative estimate of drug-likeness (QED) is 0.681. The summed E-state index contributed by atoms with van der Waals surface area (Å²) in [4.78, 5) is 15.4. The molecule has 0 saturated carbocycles. The molecule has 0 fully saturated rings. The Hall–Kier alpha value is -3.08. The van der Waals surface area contributed by atoms with Crippen molar-refractivity contribution >= 4 is 28.3 Å². The van der Waals surface area contributed by atoms with Crippen molar-refractivity contribution < 1.29 is 9.21 Å². The average Bonchev–Trinajstić information content (AvgIpc) is 2.71. The number of anilines is 2. The van der Waals surface area contributed by atoms with E-state index in [0.717, 1.165) is 66.6 Å². The zero-order valence-corrected chi connectivity index (χ0v) is 16.9. The minimum Gasteiger partial charge on any atom is -0.438 e. The number of benzene rings is 2. The predicted molar refractivity (Wildman–Crippen MR) is 115 cm³/mol. The molecule has 5 rings (SSSR count). The summed E-state index contributed by atoms with van der Waals surface area (Å²) in [6.45, 7) is 6.14. The summed E-state index contributed by atoms with van der Waals surface area (Å²) >= 11 is 0. The highest BCUT2D eigenvalue weighted by Crippen LogP contribution is 2.39. The Morgan fingerprint density at radius 2 is 1.90 bits per heavy atom. The minimum atomic E-state index is -0.303. The smallest absolute Gasteiger partial charge is 0.261 e. The average molecular weight is 387 g/mol. The first kappa shape index (κ1) is 18.0. The third kappa shape index (κ3) is 3.01. The standard InChI is InChI=1S/C24H25N3O2/c1-14-7-8-15(2)20(11-14)26-24(28)19-13-17-12-16-5-3-9-27-10-4-6-18(21(16)27)22(17)29-23(19)25/h7-8,11-13,25H,3-6,9-10H2,1-2H3,(H,26,28). The van der Waals surface area contributed by atoms with Crippen LogP contribution < -0.4 is 15.8 Å². The van der Waals surface area contributed by atoms with Crippen LogP contribution in [0.15, 0.2) is 34.7 Å². The van der Waals surface area contributed by atoms with E-state index >= 15 is 0 Å². The van der Waals surface area contributed by atoms with Gasteiger partial charge in [0.15, 0.2) is 0 Å². The molecule has 0 spiro atoms. The van der Waals surface area contributed by atoms with Crippen molar-refractivity contribution in [3.05, 3.63) is 63.7 Å². The molecular weight excluding hydrogens is 362 g/mol. The fraction of sp³-hybridized carbons (Fsp3) is 0.333. The van der Waals surface area contributed by atoms with Crippen LogP contribution in [0.2, 0.25) is 0 Å². The molecule has 0 bridgehead atoms. The largest absolute Gasteiger partial charge is 0.438 e. The van der Waals surface area contributed by atoms with E-state index < -0.39 is 0 Å². The molecule has 0 saturated heterocycles. The molecule has 0 aliphatic carbocycles. The molecule has 1 aromatic heterocycles. The number of carbonyl (C=O) groups excluding carboxylic acids is 1. The second kappa shape index (κ2) is 6.76. The van der Waals surface area contributed by atoms with Gasteiger partial charge in [0.2, 0.25) is 5.55 Å². The summed E-state index contributed by atoms with van der Waals surface area (Å²) in [7, 11) is 0. The van der Waals surface area contributed by atoms with Gasteiger partial charge in [0.1, 0.15) is 11.1 Å². The van der Waals surface area contributed by atoms with Gasteiger partial charge >= 0.3 is 0 Å². The van der Waals surface area contributed by atoms with Crippen molar-refractivity contribution in [1.29, 1.82) is 5.41 Å². The normalized spacial score (nSPS) is 15.3. The minimum absolute atomic E-state index is 0.0792. The van der Waals surface area contributed by atoms with Crippen LogP contribution in [-0.2, 0) is 12.8 Å². The second-order valence-corrected chi connectivity index (χ2v) is 8.24. The maximum absolute atomic E-state index is 12.9. The van der Waals surface area contributed by atoms with Crippen LogP contribution in [-0.4, -0.2) is 19.0 Å². The molecule has 148 valence electrons. The van der Waals surface area contributed by atoms with E-state index in [2.05, 4.69) is 16.3 Å². The lowest BCUT2D eigenvalue weighted by molar-refractivity contribution is 0.102. The van der Waals surface area contributed by atoms with E-state index in [9.17, 15) is 4.79 Å². The van der Waals surface area contributed by atoms with Crippen molar-refractivity contribution in [2.45, 2.75) is 39.5 Å². The number of hydrogen-bond acceptors (Lipinski definition) is 4. The van der Waals surface area contributed by atoms with Crippen molar-refractivity contribution in [3.8, 4) is 0 Å². The molecule has 2 aromatic carbocycles. The van der Waals surface area contributed by atoms with Crippen LogP contribution in [0.4, 0.5) is 11.4 Å². The summed E-state index contributed by atoms with van der Waals surface area (Å²) in [5.74, 6) is -0.303. The molecule has 5 heteroatoms. The molecule has 5 nitrogen and oxygen atoms in total. The SMILES string of the molecule is Cc1ccc(C)c(NC(=O)c2cc3cc4c5c(c3oc2=N)CCCN5CCC4)c1. The Morgan fingerprint density at radius 3 is 2.72 bits per heavy atom. The Balaban J connectivity index is 1.60. The molecule has 2 N–H and O–H groups in total. The number of hydrogen-bond donors (Lipinski definition) is 2. The number of nitrogens with one attached hydrogen (secondary N) is 2. The predicted octanol–water partition coefficient (Wildman–Crippen LogP) is 4.48. The third-order valence-electron chi connectivity index (χ3n) is 6.14. The van der Waals surface area contributed by atoms with E-state index in [1.165, 1.54) is 16.8 Å².